The summed E-state index contributed by atoms with van der Waals surface area (Å²) in [5.74, 6) is -1.82. The second-order valence-electron chi connectivity index (χ2n) is 8.63. The van der Waals surface area contributed by atoms with Crippen LogP contribution in [0.3, 0.4) is 0 Å². The van der Waals surface area contributed by atoms with E-state index in [-0.39, 0.29) is 34.8 Å². The van der Waals surface area contributed by atoms with E-state index in [1.54, 1.807) is 4.90 Å². The molecule has 0 N–H and O–H groups in total. The third-order valence-electron chi connectivity index (χ3n) is 6.41. The van der Waals surface area contributed by atoms with E-state index in [2.05, 4.69) is 15.0 Å². The van der Waals surface area contributed by atoms with Gasteiger partial charge in [0.25, 0.3) is 5.91 Å². The van der Waals surface area contributed by atoms with Gasteiger partial charge in [-0.1, -0.05) is 6.07 Å². The fraction of sp³-hybridized carbons (Fsp3) is 0.333. The zero-order valence-electron chi connectivity index (χ0n) is 18.2. The average Bonchev–Trinajstić information content (AvgIpc) is 2.84. The number of halogens is 5. The minimum atomic E-state index is -4.50. The topological polar surface area (TPSA) is 68.2 Å². The number of amides is 1. The second-order valence-corrected chi connectivity index (χ2v) is 8.63. The standard InChI is InChI=1S/C24H19F5N4O2/c25-15-10-31-22(32-11-15)21-16(2-1-3-17(21)26)23(34)33-12-13-4-6-18(33)19(8-13)35-20-7-5-14(9-30-20)24(27,28)29/h1-3,5,7,9-11,13,18-19H,4,6,8,12H2/t13?,18-,19+/m0/s1. The van der Waals surface area contributed by atoms with Crippen LogP contribution in [0.5, 0.6) is 5.88 Å². The zero-order valence-corrected chi connectivity index (χ0v) is 18.2. The number of benzene rings is 1. The van der Waals surface area contributed by atoms with E-state index in [0.29, 0.717) is 25.6 Å². The van der Waals surface area contributed by atoms with Gasteiger partial charge in [0.15, 0.2) is 11.6 Å². The number of carbonyl (C=O) groups is 1. The van der Waals surface area contributed by atoms with Gasteiger partial charge in [-0.3, -0.25) is 4.79 Å². The molecule has 2 saturated heterocycles. The van der Waals surface area contributed by atoms with Crippen LogP contribution in [0.15, 0.2) is 48.9 Å². The van der Waals surface area contributed by atoms with Gasteiger partial charge >= 0.3 is 6.18 Å². The molecule has 1 amide bonds. The van der Waals surface area contributed by atoms with Crippen molar-refractivity contribution in [3.63, 3.8) is 0 Å². The van der Waals surface area contributed by atoms with Crippen LogP contribution in [-0.4, -0.2) is 44.4 Å². The van der Waals surface area contributed by atoms with E-state index in [1.165, 1.54) is 18.2 Å². The van der Waals surface area contributed by atoms with Crippen molar-refractivity contribution in [2.45, 2.75) is 37.6 Å². The smallest absolute Gasteiger partial charge is 0.417 e. The molecule has 3 aromatic rings. The van der Waals surface area contributed by atoms with Crippen molar-refractivity contribution in [1.82, 2.24) is 19.9 Å². The van der Waals surface area contributed by atoms with Gasteiger partial charge in [-0.2, -0.15) is 13.2 Å². The summed E-state index contributed by atoms with van der Waals surface area (Å²) in [5, 5.41) is 0. The van der Waals surface area contributed by atoms with Crippen LogP contribution in [0.4, 0.5) is 22.0 Å². The van der Waals surface area contributed by atoms with Crippen LogP contribution in [0.25, 0.3) is 11.4 Å². The van der Waals surface area contributed by atoms with Gasteiger partial charge in [0.05, 0.1) is 35.1 Å². The van der Waals surface area contributed by atoms with Gasteiger partial charge < -0.3 is 9.64 Å². The van der Waals surface area contributed by atoms with Gasteiger partial charge in [0.1, 0.15) is 11.9 Å². The molecule has 1 aromatic carbocycles. The predicted molar refractivity (Wildman–Crippen MR) is 113 cm³/mol. The first-order chi connectivity index (χ1) is 16.7. The molecular formula is C24H19F5N4O2. The molecule has 4 heterocycles. The lowest BCUT2D eigenvalue weighted by atomic mass is 9.77. The Kier molecular flexibility index (Phi) is 5.86. The lowest BCUT2D eigenvalue weighted by Gasteiger charge is -2.49. The van der Waals surface area contributed by atoms with E-state index in [0.717, 1.165) is 30.9 Å². The van der Waals surface area contributed by atoms with Crippen molar-refractivity contribution >= 4 is 5.91 Å². The first-order valence-electron chi connectivity index (χ1n) is 11.0. The highest BCUT2D eigenvalue weighted by Gasteiger charge is 2.45. The number of piperidine rings is 2. The number of nitrogens with zero attached hydrogens (tertiary/aromatic N) is 4. The van der Waals surface area contributed by atoms with Gasteiger partial charge in [-0.25, -0.2) is 23.7 Å². The highest BCUT2D eigenvalue weighted by molar-refractivity contribution is 6.00. The van der Waals surface area contributed by atoms with Gasteiger partial charge in [-0.05, 0) is 43.4 Å². The highest BCUT2D eigenvalue weighted by Crippen LogP contribution is 2.39. The molecule has 1 aliphatic carbocycles. The first-order valence-corrected chi connectivity index (χ1v) is 11.0. The summed E-state index contributed by atoms with van der Waals surface area (Å²) in [6.07, 6.45) is -0.370. The number of carbonyl (C=O) groups excluding carboxylic acids is 1. The summed E-state index contributed by atoms with van der Waals surface area (Å²) in [5.41, 5.74) is -0.968. The number of fused-ring (bicyclic) bond motifs is 3. The maximum atomic E-state index is 14.8. The van der Waals surface area contributed by atoms with Crippen molar-refractivity contribution in [2.24, 2.45) is 5.92 Å². The number of hydrogen-bond donors (Lipinski definition) is 0. The molecule has 6 rings (SSSR count). The van der Waals surface area contributed by atoms with Crippen LogP contribution < -0.4 is 4.74 Å². The van der Waals surface area contributed by atoms with E-state index in [1.807, 2.05) is 0 Å². The van der Waals surface area contributed by atoms with Crippen LogP contribution in [-0.2, 0) is 6.18 Å². The third-order valence-corrected chi connectivity index (χ3v) is 6.41. The average molecular weight is 490 g/mol. The highest BCUT2D eigenvalue weighted by atomic mass is 19.4. The summed E-state index contributed by atoms with van der Waals surface area (Å²) >= 11 is 0. The minimum absolute atomic E-state index is 0.0362. The Morgan fingerprint density at radius 2 is 1.77 bits per heavy atom. The van der Waals surface area contributed by atoms with Gasteiger partial charge in [-0.15, -0.1) is 0 Å². The Bertz CT molecular complexity index is 1230. The molecule has 2 aromatic heterocycles. The van der Waals surface area contributed by atoms with Crippen molar-refractivity contribution in [3.8, 4) is 17.3 Å². The van der Waals surface area contributed by atoms with Crippen LogP contribution in [0, 0.1) is 17.6 Å². The van der Waals surface area contributed by atoms with E-state index in [4.69, 9.17) is 4.74 Å². The second kappa shape index (κ2) is 8.86. The van der Waals surface area contributed by atoms with Crippen molar-refractivity contribution in [3.05, 3.63) is 71.7 Å². The van der Waals surface area contributed by atoms with Crippen LogP contribution >= 0.6 is 0 Å². The number of aromatic nitrogens is 3. The van der Waals surface area contributed by atoms with Crippen molar-refractivity contribution in [2.75, 3.05) is 6.54 Å². The number of ether oxygens (including phenoxy) is 1. The molecule has 2 aliphatic heterocycles. The van der Waals surface area contributed by atoms with Crippen LogP contribution in [0.2, 0.25) is 0 Å². The van der Waals surface area contributed by atoms with Crippen molar-refractivity contribution < 1.29 is 31.5 Å². The first kappa shape index (κ1) is 23.1. The molecule has 0 spiro atoms. The van der Waals surface area contributed by atoms with E-state index < -0.39 is 35.4 Å². The Morgan fingerprint density at radius 3 is 2.43 bits per heavy atom. The van der Waals surface area contributed by atoms with E-state index in [9.17, 15) is 26.7 Å². The summed E-state index contributed by atoms with van der Waals surface area (Å²) in [6.45, 7) is 0.435. The maximum absolute atomic E-state index is 14.8. The zero-order chi connectivity index (χ0) is 24.7. The monoisotopic (exact) mass is 490 g/mol. The fourth-order valence-electron chi connectivity index (χ4n) is 4.79. The van der Waals surface area contributed by atoms with Crippen molar-refractivity contribution in [1.29, 1.82) is 0 Å². The molecule has 1 saturated carbocycles. The third kappa shape index (κ3) is 4.54. The molecule has 6 nitrogen and oxygen atoms in total. The molecule has 182 valence electrons. The lowest BCUT2D eigenvalue weighted by Crippen LogP contribution is -2.59. The minimum Gasteiger partial charge on any atom is -0.472 e. The number of rotatable bonds is 4. The molecule has 3 atom stereocenters. The van der Waals surface area contributed by atoms with Gasteiger partial charge in [0, 0.05) is 18.8 Å². The molecule has 2 bridgehead atoms. The Labute approximate surface area is 196 Å². The van der Waals surface area contributed by atoms with E-state index >= 15 is 0 Å². The lowest BCUT2D eigenvalue weighted by molar-refractivity contribution is -0.137. The summed E-state index contributed by atoms with van der Waals surface area (Å²) in [6, 6.07) is 5.72. The Balaban J connectivity index is 1.41. The molecule has 0 radical (unpaired) electrons. The molecule has 11 heteroatoms. The normalized spacial score (nSPS) is 21.7. The summed E-state index contributed by atoms with van der Waals surface area (Å²) in [7, 11) is 0. The number of pyridine rings is 1. The maximum Gasteiger partial charge on any atom is 0.417 e. The predicted octanol–water partition coefficient (Wildman–Crippen LogP) is 4.91. The largest absolute Gasteiger partial charge is 0.472 e. The molecule has 1 unspecified atom stereocenters. The summed E-state index contributed by atoms with van der Waals surface area (Å²) in [4.78, 5) is 26.6. The molecule has 35 heavy (non-hydrogen) atoms. The van der Waals surface area contributed by atoms with Gasteiger partial charge in [0.2, 0.25) is 5.88 Å². The Morgan fingerprint density at radius 1 is 1.00 bits per heavy atom. The quantitative estimate of drug-likeness (QED) is 0.487. The SMILES string of the molecule is O=C(c1cccc(F)c1-c1ncc(F)cn1)N1CC2CC[C@H]1[C@H](Oc1ccc(C(F)(F)F)cn1)C2. The molecule has 3 aliphatic rings. The summed E-state index contributed by atoms with van der Waals surface area (Å²) < 4.78 is 72.5. The molecule has 3 fully saturated rings. The Hall–Kier alpha value is -3.63. The number of alkyl halides is 3. The molecular weight excluding hydrogens is 471 g/mol. The van der Waals surface area contributed by atoms with Crippen LogP contribution in [0.1, 0.15) is 35.2 Å². The number of hydrogen-bond acceptors (Lipinski definition) is 5. The fourth-order valence-corrected chi connectivity index (χ4v) is 4.79.